The van der Waals surface area contributed by atoms with Gasteiger partial charge in [-0.3, -0.25) is 4.90 Å². The van der Waals surface area contributed by atoms with Gasteiger partial charge < -0.3 is 5.73 Å². The third-order valence-electron chi connectivity index (χ3n) is 3.50. The monoisotopic (exact) mass is 304 g/mol. The van der Waals surface area contributed by atoms with Gasteiger partial charge in [0.15, 0.2) is 0 Å². The smallest absolute Gasteiger partial charge is 0.103 e. The summed E-state index contributed by atoms with van der Waals surface area (Å²) in [6, 6.07) is 13.0. The number of hydrogen-bond donors (Lipinski definition) is 1. The first-order valence-electron chi connectivity index (χ1n) is 6.67. The Morgan fingerprint density at radius 1 is 1.30 bits per heavy atom. The van der Waals surface area contributed by atoms with Crippen molar-refractivity contribution in [3.8, 4) is 0 Å². The molecular weight excluding hydrogens is 284 g/mol. The number of thiophene rings is 1. The number of thiocarbonyl (C=S) groups is 1. The summed E-state index contributed by atoms with van der Waals surface area (Å²) in [7, 11) is 2.17. The zero-order valence-corrected chi connectivity index (χ0v) is 13.5. The molecular formula is C16H20N2S2. The van der Waals surface area contributed by atoms with Crippen molar-refractivity contribution in [2.75, 3.05) is 7.05 Å². The molecule has 106 valence electrons. The molecule has 2 nitrogen and oxygen atoms in total. The fraction of sp³-hybridized carbons (Fsp3) is 0.312. The Kier molecular flexibility index (Phi) is 5.29. The summed E-state index contributed by atoms with van der Waals surface area (Å²) in [5.41, 5.74) is 7.82. The van der Waals surface area contributed by atoms with Gasteiger partial charge in [0, 0.05) is 23.0 Å². The van der Waals surface area contributed by atoms with Crippen molar-refractivity contribution in [2.24, 2.45) is 5.73 Å². The van der Waals surface area contributed by atoms with Crippen molar-refractivity contribution in [1.82, 2.24) is 4.90 Å². The normalized spacial score (nSPS) is 12.6. The summed E-state index contributed by atoms with van der Waals surface area (Å²) >= 11 is 6.79. The molecule has 0 aliphatic rings. The van der Waals surface area contributed by atoms with Crippen LogP contribution in [0.4, 0.5) is 0 Å². The minimum atomic E-state index is 0.455. The summed E-state index contributed by atoms with van der Waals surface area (Å²) in [5.74, 6) is 0. The molecule has 0 saturated heterocycles. The van der Waals surface area contributed by atoms with Crippen LogP contribution in [-0.4, -0.2) is 23.0 Å². The van der Waals surface area contributed by atoms with Crippen LogP contribution in [0.2, 0.25) is 0 Å². The Balaban J connectivity index is 1.93. The van der Waals surface area contributed by atoms with E-state index in [2.05, 4.69) is 48.5 Å². The van der Waals surface area contributed by atoms with E-state index in [0.717, 1.165) is 18.5 Å². The Labute approximate surface area is 130 Å². The lowest BCUT2D eigenvalue weighted by molar-refractivity contribution is 0.249. The highest BCUT2D eigenvalue weighted by Gasteiger charge is 2.11. The van der Waals surface area contributed by atoms with E-state index in [1.807, 2.05) is 23.5 Å². The first kappa shape index (κ1) is 15.2. The minimum Gasteiger partial charge on any atom is -0.389 e. The Morgan fingerprint density at radius 3 is 2.55 bits per heavy atom. The van der Waals surface area contributed by atoms with Gasteiger partial charge in [-0.15, -0.1) is 11.3 Å². The molecule has 1 aromatic heterocycles. The average molecular weight is 304 g/mol. The maximum Gasteiger partial charge on any atom is 0.103 e. The third kappa shape index (κ3) is 4.13. The first-order chi connectivity index (χ1) is 9.56. The lowest BCUT2D eigenvalue weighted by atomic mass is 10.1. The van der Waals surface area contributed by atoms with Gasteiger partial charge in [0.25, 0.3) is 0 Å². The Bertz CT molecular complexity index is 546. The van der Waals surface area contributed by atoms with Crippen molar-refractivity contribution in [3.63, 3.8) is 0 Å². The largest absolute Gasteiger partial charge is 0.389 e. The fourth-order valence-electron chi connectivity index (χ4n) is 2.09. The second-order valence-corrected chi connectivity index (χ2v) is 6.58. The lowest BCUT2D eigenvalue weighted by Crippen LogP contribution is -2.30. The van der Waals surface area contributed by atoms with Gasteiger partial charge in [-0.05, 0) is 37.4 Å². The molecule has 2 aromatic rings. The Hall–Kier alpha value is -1.23. The van der Waals surface area contributed by atoms with E-state index in [0.29, 0.717) is 11.0 Å². The molecule has 0 bridgehead atoms. The van der Waals surface area contributed by atoms with Crippen LogP contribution in [0.3, 0.4) is 0 Å². The van der Waals surface area contributed by atoms with Crippen LogP contribution in [-0.2, 0) is 13.0 Å². The molecule has 2 N–H and O–H groups in total. The van der Waals surface area contributed by atoms with Crippen molar-refractivity contribution in [3.05, 3.63) is 57.8 Å². The van der Waals surface area contributed by atoms with Crippen molar-refractivity contribution < 1.29 is 0 Å². The molecule has 0 radical (unpaired) electrons. The maximum absolute atomic E-state index is 5.61. The van der Waals surface area contributed by atoms with Crippen molar-refractivity contribution in [1.29, 1.82) is 0 Å². The molecule has 1 heterocycles. The molecule has 0 aliphatic heterocycles. The highest BCUT2D eigenvalue weighted by Crippen LogP contribution is 2.15. The molecule has 0 spiro atoms. The summed E-state index contributed by atoms with van der Waals surface area (Å²) in [4.78, 5) is 4.26. The molecule has 1 aromatic carbocycles. The summed E-state index contributed by atoms with van der Waals surface area (Å²) in [6.45, 7) is 3.20. The van der Waals surface area contributed by atoms with Crippen LogP contribution in [0.1, 0.15) is 22.9 Å². The van der Waals surface area contributed by atoms with Gasteiger partial charge >= 0.3 is 0 Å². The zero-order valence-electron chi connectivity index (χ0n) is 11.9. The number of nitrogens with two attached hydrogens (primary N) is 1. The van der Waals surface area contributed by atoms with Crippen LogP contribution in [0.5, 0.6) is 0 Å². The molecule has 2 rings (SSSR count). The van der Waals surface area contributed by atoms with E-state index >= 15 is 0 Å². The van der Waals surface area contributed by atoms with Gasteiger partial charge in [0.2, 0.25) is 0 Å². The van der Waals surface area contributed by atoms with Crippen LogP contribution in [0.25, 0.3) is 0 Å². The molecule has 0 fully saturated rings. The number of rotatable bonds is 6. The van der Waals surface area contributed by atoms with E-state index in [-0.39, 0.29) is 0 Å². The SMILES string of the molecule is CC(Cc1cccs1)N(C)Cc1ccc(C(N)=S)cc1. The fourth-order valence-corrected chi connectivity index (χ4v) is 3.06. The quantitative estimate of drug-likeness (QED) is 0.829. The average Bonchev–Trinajstić information content (AvgIpc) is 2.92. The Morgan fingerprint density at radius 2 is 2.00 bits per heavy atom. The predicted octanol–water partition coefficient (Wildman–Crippen LogP) is 3.45. The van der Waals surface area contributed by atoms with Crippen molar-refractivity contribution in [2.45, 2.75) is 25.9 Å². The molecule has 0 amide bonds. The molecule has 0 saturated carbocycles. The molecule has 1 unspecified atom stereocenters. The van der Waals surface area contributed by atoms with Crippen molar-refractivity contribution >= 4 is 28.5 Å². The van der Waals surface area contributed by atoms with Gasteiger partial charge in [-0.2, -0.15) is 0 Å². The number of nitrogens with zero attached hydrogens (tertiary/aromatic N) is 1. The van der Waals surface area contributed by atoms with Crippen LogP contribution in [0.15, 0.2) is 41.8 Å². The molecule has 4 heteroatoms. The summed E-state index contributed by atoms with van der Waals surface area (Å²) in [5, 5.41) is 2.14. The van der Waals surface area contributed by atoms with Crippen LogP contribution >= 0.6 is 23.6 Å². The first-order valence-corrected chi connectivity index (χ1v) is 7.96. The van der Waals surface area contributed by atoms with E-state index in [1.54, 1.807) is 0 Å². The minimum absolute atomic E-state index is 0.455. The molecule has 0 aliphatic carbocycles. The van der Waals surface area contributed by atoms with Crippen LogP contribution in [0, 0.1) is 0 Å². The lowest BCUT2D eigenvalue weighted by Gasteiger charge is -2.24. The second kappa shape index (κ2) is 6.97. The number of likely N-dealkylation sites (N-methyl/N-ethyl adjacent to an activating group) is 1. The highest BCUT2D eigenvalue weighted by molar-refractivity contribution is 7.80. The van der Waals surface area contributed by atoms with Gasteiger partial charge in [0.1, 0.15) is 4.99 Å². The molecule has 1 atom stereocenters. The highest BCUT2D eigenvalue weighted by atomic mass is 32.1. The summed E-state index contributed by atoms with van der Waals surface area (Å²) in [6.07, 6.45) is 1.10. The standard InChI is InChI=1S/C16H20N2S2/c1-12(10-15-4-3-9-20-15)18(2)11-13-5-7-14(8-6-13)16(17)19/h3-9,12H,10-11H2,1-2H3,(H2,17,19). The van der Waals surface area contributed by atoms with E-state index in [4.69, 9.17) is 18.0 Å². The van der Waals surface area contributed by atoms with Gasteiger partial charge in [-0.25, -0.2) is 0 Å². The van der Waals surface area contributed by atoms with Crippen LogP contribution < -0.4 is 5.73 Å². The number of benzene rings is 1. The van der Waals surface area contributed by atoms with Gasteiger partial charge in [-0.1, -0.05) is 42.5 Å². The summed E-state index contributed by atoms with van der Waals surface area (Å²) < 4.78 is 0. The second-order valence-electron chi connectivity index (χ2n) is 5.11. The molecule has 20 heavy (non-hydrogen) atoms. The van der Waals surface area contributed by atoms with Gasteiger partial charge in [0.05, 0.1) is 0 Å². The van der Waals surface area contributed by atoms with E-state index in [1.165, 1.54) is 10.4 Å². The van der Waals surface area contributed by atoms with E-state index in [9.17, 15) is 0 Å². The van der Waals surface area contributed by atoms with E-state index < -0.39 is 0 Å². The predicted molar refractivity (Wildman–Crippen MR) is 91.3 cm³/mol. The number of hydrogen-bond acceptors (Lipinski definition) is 3. The topological polar surface area (TPSA) is 29.3 Å². The zero-order chi connectivity index (χ0) is 14.5. The maximum atomic E-state index is 5.61. The third-order valence-corrected chi connectivity index (χ3v) is 4.63.